The van der Waals surface area contributed by atoms with Gasteiger partial charge >= 0.3 is 0 Å². The van der Waals surface area contributed by atoms with E-state index in [9.17, 15) is 18.0 Å². The van der Waals surface area contributed by atoms with Crippen LogP contribution in [0.1, 0.15) is 6.92 Å². The molecule has 0 unspecified atom stereocenters. The fourth-order valence-electron chi connectivity index (χ4n) is 2.20. The number of amides is 1. The molecule has 3 nitrogen and oxygen atoms in total. The summed E-state index contributed by atoms with van der Waals surface area (Å²) < 4.78 is 39.8. The van der Waals surface area contributed by atoms with E-state index in [1.807, 2.05) is 30.3 Å². The number of carbonyl (C=O) groups excluding carboxylic acids is 1. The normalized spacial score (nSPS) is 12.2. The molecule has 0 saturated carbocycles. The van der Waals surface area contributed by atoms with Gasteiger partial charge in [0.2, 0.25) is 5.91 Å². The van der Waals surface area contributed by atoms with Gasteiger partial charge in [0.05, 0.1) is 21.5 Å². The van der Waals surface area contributed by atoms with Crippen molar-refractivity contribution in [2.45, 2.75) is 17.2 Å². The highest BCUT2D eigenvalue weighted by atomic mass is 32.2. The minimum Gasteiger partial charge on any atom is -0.323 e. The second kappa shape index (κ2) is 7.14. The summed E-state index contributed by atoms with van der Waals surface area (Å²) in [6, 6.07) is 13.0. The fraction of sp³-hybridized carbons (Fsp3) is 0.111. The van der Waals surface area contributed by atoms with Gasteiger partial charge in [0, 0.05) is 5.39 Å². The lowest BCUT2D eigenvalue weighted by atomic mass is 10.2. The lowest BCUT2D eigenvalue weighted by molar-refractivity contribution is -0.115. The van der Waals surface area contributed by atoms with Crippen LogP contribution in [0.25, 0.3) is 10.9 Å². The number of fused-ring (bicyclic) bond motifs is 1. The molecule has 1 atom stereocenters. The highest BCUT2D eigenvalue weighted by molar-refractivity contribution is 8.00. The molecule has 2 aromatic carbocycles. The number of rotatable bonds is 4. The van der Waals surface area contributed by atoms with Crippen molar-refractivity contribution in [3.63, 3.8) is 0 Å². The summed E-state index contributed by atoms with van der Waals surface area (Å²) in [4.78, 5) is 16.6. The van der Waals surface area contributed by atoms with Crippen LogP contribution in [0, 0.1) is 17.5 Å². The van der Waals surface area contributed by atoms with Crippen molar-refractivity contribution in [2.75, 3.05) is 5.32 Å². The molecule has 1 heterocycles. The maximum absolute atomic E-state index is 13.6. The molecule has 128 valence electrons. The van der Waals surface area contributed by atoms with E-state index in [-0.39, 0.29) is 0 Å². The van der Waals surface area contributed by atoms with Crippen LogP contribution < -0.4 is 5.32 Å². The molecule has 0 saturated heterocycles. The van der Waals surface area contributed by atoms with Crippen molar-refractivity contribution in [3.05, 3.63) is 66.0 Å². The molecule has 0 bridgehead atoms. The molecule has 0 fully saturated rings. The zero-order valence-corrected chi connectivity index (χ0v) is 13.9. The number of hydrogen-bond donors (Lipinski definition) is 1. The Kier molecular flexibility index (Phi) is 4.94. The van der Waals surface area contributed by atoms with Crippen LogP contribution in [0.2, 0.25) is 0 Å². The predicted octanol–water partition coefficient (Wildman–Crippen LogP) is 4.77. The fourth-order valence-corrected chi connectivity index (χ4v) is 3.03. The van der Waals surface area contributed by atoms with Gasteiger partial charge in [-0.25, -0.2) is 18.2 Å². The van der Waals surface area contributed by atoms with Crippen LogP contribution in [0.4, 0.5) is 18.9 Å². The second-order valence-corrected chi connectivity index (χ2v) is 6.68. The van der Waals surface area contributed by atoms with Gasteiger partial charge in [0.15, 0.2) is 17.5 Å². The number of hydrogen-bond acceptors (Lipinski definition) is 3. The maximum Gasteiger partial charge on any atom is 0.237 e. The highest BCUT2D eigenvalue weighted by Crippen LogP contribution is 2.26. The Labute approximate surface area is 146 Å². The number of pyridine rings is 1. The molecule has 0 aliphatic carbocycles. The van der Waals surface area contributed by atoms with E-state index in [1.54, 1.807) is 13.0 Å². The first-order valence-electron chi connectivity index (χ1n) is 7.42. The van der Waals surface area contributed by atoms with Gasteiger partial charge in [-0.1, -0.05) is 36.0 Å². The van der Waals surface area contributed by atoms with E-state index in [1.165, 1.54) is 11.8 Å². The average molecular weight is 362 g/mol. The quantitative estimate of drug-likeness (QED) is 0.537. The number of anilines is 1. The SMILES string of the molecule is C[C@H](Sc1ccc2ccccc2n1)C(=O)Nc1ccc(F)c(F)c1F. The Bertz CT molecular complexity index is 949. The van der Waals surface area contributed by atoms with Gasteiger partial charge in [-0.3, -0.25) is 4.79 Å². The molecule has 1 N–H and O–H groups in total. The first-order valence-corrected chi connectivity index (χ1v) is 8.30. The summed E-state index contributed by atoms with van der Waals surface area (Å²) in [5, 5.41) is 3.27. The zero-order valence-electron chi connectivity index (χ0n) is 13.1. The van der Waals surface area contributed by atoms with Crippen molar-refractivity contribution in [2.24, 2.45) is 0 Å². The predicted molar refractivity (Wildman–Crippen MR) is 92.0 cm³/mol. The van der Waals surface area contributed by atoms with Gasteiger partial charge in [-0.15, -0.1) is 0 Å². The molecular formula is C18H13F3N2OS. The third-order valence-electron chi connectivity index (χ3n) is 3.53. The van der Waals surface area contributed by atoms with E-state index >= 15 is 0 Å². The number of benzene rings is 2. The molecular weight excluding hydrogens is 349 g/mol. The van der Waals surface area contributed by atoms with E-state index in [0.717, 1.165) is 23.0 Å². The van der Waals surface area contributed by atoms with Crippen LogP contribution >= 0.6 is 11.8 Å². The lowest BCUT2D eigenvalue weighted by Crippen LogP contribution is -2.23. The van der Waals surface area contributed by atoms with E-state index < -0.39 is 34.3 Å². The maximum atomic E-state index is 13.6. The van der Waals surface area contributed by atoms with Gasteiger partial charge in [-0.2, -0.15) is 0 Å². The van der Waals surface area contributed by atoms with Gasteiger partial charge in [0.25, 0.3) is 0 Å². The first kappa shape index (κ1) is 17.3. The topological polar surface area (TPSA) is 42.0 Å². The van der Waals surface area contributed by atoms with Gasteiger partial charge in [0.1, 0.15) is 0 Å². The Morgan fingerprint density at radius 2 is 1.80 bits per heavy atom. The number of thioether (sulfide) groups is 1. The molecule has 1 amide bonds. The van der Waals surface area contributed by atoms with Crippen LogP contribution in [-0.4, -0.2) is 16.1 Å². The van der Waals surface area contributed by atoms with Crippen LogP contribution in [-0.2, 0) is 4.79 Å². The number of halogens is 3. The minimum absolute atomic E-state index is 0.400. The summed E-state index contributed by atoms with van der Waals surface area (Å²) in [6.45, 7) is 1.62. The standard InChI is InChI=1S/C18H13F3N2OS/c1-10(18(24)23-14-8-7-12(19)16(20)17(14)21)25-15-9-6-11-4-2-3-5-13(11)22-15/h2-10H,1H3,(H,23,24)/t10-/m0/s1. The van der Waals surface area contributed by atoms with Crippen molar-refractivity contribution in [1.29, 1.82) is 0 Å². The minimum atomic E-state index is -1.62. The molecule has 3 aromatic rings. The third-order valence-corrected chi connectivity index (χ3v) is 4.57. The van der Waals surface area contributed by atoms with Crippen molar-refractivity contribution >= 4 is 34.3 Å². The number of carbonyl (C=O) groups is 1. The van der Waals surface area contributed by atoms with Crippen molar-refractivity contribution in [3.8, 4) is 0 Å². The molecule has 7 heteroatoms. The number of para-hydroxylation sites is 1. The smallest absolute Gasteiger partial charge is 0.237 e. The van der Waals surface area contributed by atoms with Gasteiger partial charge in [-0.05, 0) is 31.2 Å². The Hall–Kier alpha value is -2.54. The van der Waals surface area contributed by atoms with Crippen molar-refractivity contribution in [1.82, 2.24) is 4.98 Å². The third kappa shape index (κ3) is 3.76. The van der Waals surface area contributed by atoms with Crippen molar-refractivity contribution < 1.29 is 18.0 Å². The van der Waals surface area contributed by atoms with Crippen LogP contribution in [0.5, 0.6) is 0 Å². The number of nitrogens with one attached hydrogen (secondary N) is 1. The van der Waals surface area contributed by atoms with E-state index in [0.29, 0.717) is 5.03 Å². The molecule has 3 rings (SSSR count). The highest BCUT2D eigenvalue weighted by Gasteiger charge is 2.19. The molecule has 0 aliphatic heterocycles. The largest absolute Gasteiger partial charge is 0.323 e. The molecule has 1 aromatic heterocycles. The molecule has 25 heavy (non-hydrogen) atoms. The number of aromatic nitrogens is 1. The number of nitrogens with zero attached hydrogens (tertiary/aromatic N) is 1. The Balaban J connectivity index is 1.73. The first-order chi connectivity index (χ1) is 12.0. The summed E-state index contributed by atoms with van der Waals surface area (Å²) in [5.74, 6) is -4.88. The van der Waals surface area contributed by atoms with Crippen LogP contribution in [0.15, 0.2) is 53.6 Å². The molecule has 0 aliphatic rings. The Morgan fingerprint density at radius 3 is 2.60 bits per heavy atom. The summed E-state index contributed by atoms with van der Waals surface area (Å²) in [6.07, 6.45) is 0. The van der Waals surface area contributed by atoms with Gasteiger partial charge < -0.3 is 5.32 Å². The Morgan fingerprint density at radius 1 is 1.04 bits per heavy atom. The van der Waals surface area contributed by atoms with E-state index in [4.69, 9.17) is 0 Å². The molecule has 0 radical (unpaired) electrons. The van der Waals surface area contributed by atoms with E-state index in [2.05, 4.69) is 10.3 Å². The second-order valence-electron chi connectivity index (χ2n) is 5.31. The summed E-state index contributed by atoms with van der Waals surface area (Å²) in [5.41, 5.74) is 0.398. The summed E-state index contributed by atoms with van der Waals surface area (Å²) >= 11 is 1.19. The lowest BCUT2D eigenvalue weighted by Gasteiger charge is -2.12. The van der Waals surface area contributed by atoms with Crippen LogP contribution in [0.3, 0.4) is 0 Å². The summed E-state index contributed by atoms with van der Waals surface area (Å²) in [7, 11) is 0. The average Bonchev–Trinajstić information content (AvgIpc) is 2.62. The molecule has 0 spiro atoms. The monoisotopic (exact) mass is 362 g/mol. The zero-order chi connectivity index (χ0) is 18.0.